The highest BCUT2D eigenvalue weighted by Gasteiger charge is 2.25. The van der Waals surface area contributed by atoms with Gasteiger partial charge in [-0.2, -0.15) is 4.98 Å². The third-order valence-corrected chi connectivity index (χ3v) is 6.90. The highest BCUT2D eigenvalue weighted by molar-refractivity contribution is 5.89. The van der Waals surface area contributed by atoms with E-state index in [1.165, 1.54) is 6.20 Å². The van der Waals surface area contributed by atoms with E-state index in [9.17, 15) is 9.59 Å². The molecule has 1 aliphatic rings. The van der Waals surface area contributed by atoms with Crippen molar-refractivity contribution < 1.29 is 18.5 Å². The first-order valence-corrected chi connectivity index (χ1v) is 13.6. The van der Waals surface area contributed by atoms with Crippen LogP contribution in [-0.4, -0.2) is 83.6 Å². The standard InChI is InChI=1S/C30H38FN7O3/c1-20-16-21(9-10-22(20)17-33-27(40)28-34-29(35-41-28)30(2,3)4)26-23(31)18-32-19-24(26)37-12-14-38(15-13-37)25(39)8-7-11-36(5)6/h7-10,16,18-19H,11-15,17H2,1-6H3,(H,33,40). The molecule has 0 spiro atoms. The maximum atomic E-state index is 15.2. The lowest BCUT2D eigenvalue weighted by molar-refractivity contribution is -0.126. The van der Waals surface area contributed by atoms with Gasteiger partial charge in [0.2, 0.25) is 5.91 Å². The van der Waals surface area contributed by atoms with Gasteiger partial charge in [0.15, 0.2) is 11.6 Å². The van der Waals surface area contributed by atoms with Crippen molar-refractivity contribution >= 4 is 17.5 Å². The van der Waals surface area contributed by atoms with E-state index in [0.29, 0.717) is 55.4 Å². The minimum atomic E-state index is -0.454. The van der Waals surface area contributed by atoms with Crippen LogP contribution in [0.25, 0.3) is 11.1 Å². The Morgan fingerprint density at radius 1 is 1.15 bits per heavy atom. The van der Waals surface area contributed by atoms with Crippen molar-refractivity contribution in [2.45, 2.75) is 39.7 Å². The van der Waals surface area contributed by atoms with Gasteiger partial charge in [0, 0.05) is 56.3 Å². The van der Waals surface area contributed by atoms with Crippen LogP contribution < -0.4 is 10.2 Å². The first kappa shape index (κ1) is 29.9. The molecule has 1 saturated heterocycles. The van der Waals surface area contributed by atoms with Crippen LogP contribution in [0.4, 0.5) is 10.1 Å². The summed E-state index contributed by atoms with van der Waals surface area (Å²) >= 11 is 0. The van der Waals surface area contributed by atoms with Gasteiger partial charge in [-0.15, -0.1) is 0 Å². The number of rotatable bonds is 8. The van der Waals surface area contributed by atoms with Gasteiger partial charge >= 0.3 is 11.8 Å². The van der Waals surface area contributed by atoms with Crippen molar-refractivity contribution in [2.24, 2.45) is 0 Å². The fourth-order valence-corrected chi connectivity index (χ4v) is 4.51. The zero-order valence-electron chi connectivity index (χ0n) is 24.6. The number of carbonyl (C=O) groups is 2. The summed E-state index contributed by atoms with van der Waals surface area (Å²) in [4.78, 5) is 39.3. The molecule has 1 fully saturated rings. The number of likely N-dealkylation sites (N-methyl/N-ethyl adjacent to an activating group) is 1. The average molecular weight is 564 g/mol. The molecule has 2 amide bonds. The maximum Gasteiger partial charge on any atom is 0.315 e. The molecular formula is C30H38FN7O3. The van der Waals surface area contributed by atoms with E-state index in [-0.39, 0.29) is 23.8 Å². The van der Waals surface area contributed by atoms with Crippen LogP contribution in [0, 0.1) is 12.7 Å². The molecule has 1 aromatic carbocycles. The predicted molar refractivity (Wildman–Crippen MR) is 155 cm³/mol. The Morgan fingerprint density at radius 2 is 1.88 bits per heavy atom. The molecule has 0 aliphatic carbocycles. The van der Waals surface area contributed by atoms with Gasteiger partial charge in [-0.1, -0.05) is 50.2 Å². The molecule has 41 heavy (non-hydrogen) atoms. The molecule has 0 atom stereocenters. The number of nitrogens with zero attached hydrogens (tertiary/aromatic N) is 6. The monoisotopic (exact) mass is 563 g/mol. The largest absolute Gasteiger partial charge is 0.366 e. The van der Waals surface area contributed by atoms with E-state index in [1.54, 1.807) is 17.2 Å². The number of aromatic nitrogens is 3. The van der Waals surface area contributed by atoms with Crippen LogP contribution >= 0.6 is 0 Å². The first-order chi connectivity index (χ1) is 19.4. The fourth-order valence-electron chi connectivity index (χ4n) is 4.51. The van der Waals surface area contributed by atoms with E-state index in [1.807, 2.05) is 71.0 Å². The predicted octanol–water partition coefficient (Wildman–Crippen LogP) is 3.57. The molecule has 0 saturated carbocycles. The number of anilines is 1. The number of halogens is 1. The quantitative estimate of drug-likeness (QED) is 0.415. The molecule has 10 nitrogen and oxygen atoms in total. The molecule has 218 valence electrons. The van der Waals surface area contributed by atoms with E-state index < -0.39 is 11.7 Å². The number of aryl methyl sites for hydroxylation is 1. The Labute approximate surface area is 240 Å². The van der Waals surface area contributed by atoms with Gasteiger partial charge in [-0.25, -0.2) is 4.39 Å². The lowest BCUT2D eigenvalue weighted by Crippen LogP contribution is -2.48. The minimum absolute atomic E-state index is 0.0175. The molecule has 3 aromatic rings. The Morgan fingerprint density at radius 3 is 2.51 bits per heavy atom. The first-order valence-electron chi connectivity index (χ1n) is 13.6. The summed E-state index contributed by atoms with van der Waals surface area (Å²) < 4.78 is 20.3. The summed E-state index contributed by atoms with van der Waals surface area (Å²) in [6.07, 6.45) is 6.36. The van der Waals surface area contributed by atoms with Crippen LogP contribution in [0.2, 0.25) is 0 Å². The number of hydrogen-bond acceptors (Lipinski definition) is 8. The summed E-state index contributed by atoms with van der Waals surface area (Å²) in [5, 5.41) is 6.72. The van der Waals surface area contributed by atoms with Crippen molar-refractivity contribution in [1.29, 1.82) is 0 Å². The number of piperazine rings is 1. The number of carbonyl (C=O) groups excluding carboxylic acids is 2. The minimum Gasteiger partial charge on any atom is -0.366 e. The molecule has 1 N–H and O–H groups in total. The Balaban J connectivity index is 1.44. The van der Waals surface area contributed by atoms with Crippen LogP contribution in [0.1, 0.15) is 48.4 Å². The molecule has 0 radical (unpaired) electrons. The molecule has 4 rings (SSSR count). The topological polar surface area (TPSA) is 108 Å². The second-order valence-electron chi connectivity index (χ2n) is 11.5. The lowest BCUT2D eigenvalue weighted by Gasteiger charge is -2.36. The number of hydrogen-bond donors (Lipinski definition) is 1. The summed E-state index contributed by atoms with van der Waals surface area (Å²) in [5.41, 5.74) is 3.30. The summed E-state index contributed by atoms with van der Waals surface area (Å²) in [6, 6.07) is 5.62. The van der Waals surface area contributed by atoms with Crippen molar-refractivity contribution in [3.8, 4) is 11.1 Å². The molecular weight excluding hydrogens is 525 g/mol. The normalized spacial score (nSPS) is 14.2. The molecule has 1 aliphatic heterocycles. The molecule has 0 unspecified atom stereocenters. The molecule has 0 bridgehead atoms. The zero-order valence-corrected chi connectivity index (χ0v) is 24.6. The summed E-state index contributed by atoms with van der Waals surface area (Å²) in [5.74, 6) is -0.512. The van der Waals surface area contributed by atoms with Crippen LogP contribution in [-0.2, 0) is 16.8 Å². The van der Waals surface area contributed by atoms with Gasteiger partial charge in [0.25, 0.3) is 0 Å². The third kappa shape index (κ3) is 7.35. The number of benzene rings is 1. The van der Waals surface area contributed by atoms with E-state index in [4.69, 9.17) is 4.52 Å². The van der Waals surface area contributed by atoms with Crippen molar-refractivity contribution in [3.63, 3.8) is 0 Å². The molecule has 2 aromatic heterocycles. The fraction of sp³-hybridized carbons (Fsp3) is 0.433. The number of pyridine rings is 1. The molecule has 11 heteroatoms. The summed E-state index contributed by atoms with van der Waals surface area (Å²) in [6.45, 7) is 10.9. The van der Waals surface area contributed by atoms with Crippen LogP contribution in [0.5, 0.6) is 0 Å². The second-order valence-corrected chi connectivity index (χ2v) is 11.5. The maximum absolute atomic E-state index is 15.2. The second kappa shape index (κ2) is 12.6. The van der Waals surface area contributed by atoms with Gasteiger partial charge in [0.1, 0.15) is 0 Å². The van der Waals surface area contributed by atoms with E-state index in [2.05, 4.69) is 25.3 Å². The number of nitrogens with one attached hydrogen (secondary N) is 1. The van der Waals surface area contributed by atoms with Crippen LogP contribution in [0.3, 0.4) is 0 Å². The Bertz CT molecular complexity index is 1420. The van der Waals surface area contributed by atoms with Crippen molar-refractivity contribution in [1.82, 2.24) is 30.2 Å². The third-order valence-electron chi connectivity index (χ3n) is 6.90. The Hall–Kier alpha value is -4.12. The van der Waals surface area contributed by atoms with Gasteiger partial charge in [-0.05, 0) is 37.7 Å². The average Bonchev–Trinajstić information content (AvgIpc) is 3.43. The van der Waals surface area contributed by atoms with Gasteiger partial charge in [0.05, 0.1) is 18.1 Å². The highest BCUT2D eigenvalue weighted by Crippen LogP contribution is 2.34. The van der Waals surface area contributed by atoms with Crippen molar-refractivity contribution in [3.05, 3.63) is 71.4 Å². The SMILES string of the molecule is Cc1cc(-c2c(F)cncc2N2CCN(C(=O)C=CCN(C)C)CC2)ccc1CNC(=O)c1nc(C(C)(C)C)no1. The van der Waals surface area contributed by atoms with E-state index in [0.717, 1.165) is 11.1 Å². The Kier molecular flexibility index (Phi) is 9.17. The lowest BCUT2D eigenvalue weighted by atomic mass is 9.96. The van der Waals surface area contributed by atoms with Gasteiger partial charge < -0.3 is 24.5 Å². The van der Waals surface area contributed by atoms with Crippen molar-refractivity contribution in [2.75, 3.05) is 51.7 Å². The molecule has 3 heterocycles. The number of amides is 2. The smallest absolute Gasteiger partial charge is 0.315 e. The van der Waals surface area contributed by atoms with Crippen LogP contribution in [0.15, 0.2) is 47.3 Å². The van der Waals surface area contributed by atoms with Gasteiger partial charge in [-0.3, -0.25) is 14.6 Å². The highest BCUT2D eigenvalue weighted by atomic mass is 19.1. The zero-order chi connectivity index (χ0) is 29.7. The van der Waals surface area contributed by atoms with E-state index >= 15 is 4.39 Å². The summed E-state index contributed by atoms with van der Waals surface area (Å²) in [7, 11) is 3.90.